The van der Waals surface area contributed by atoms with Crippen LogP contribution in [-0.4, -0.2) is 37.2 Å². The van der Waals surface area contributed by atoms with Gasteiger partial charge in [-0.3, -0.25) is 4.98 Å². The van der Waals surface area contributed by atoms with Gasteiger partial charge in [0, 0.05) is 28.6 Å². The van der Waals surface area contributed by atoms with Crippen LogP contribution in [0.1, 0.15) is 10.7 Å². The Bertz CT molecular complexity index is 886. The highest BCUT2D eigenvalue weighted by Crippen LogP contribution is 2.29. The highest BCUT2D eigenvalue weighted by Gasteiger charge is 2.22. The van der Waals surface area contributed by atoms with E-state index < -0.39 is 0 Å². The van der Waals surface area contributed by atoms with Crippen LogP contribution in [0.4, 0.5) is 10.5 Å². The number of rotatable bonds is 2. The maximum Gasteiger partial charge on any atom is 0.322 e. The molecule has 122 valence electrons. The number of hydrogen-bond acceptors (Lipinski definition) is 5. The zero-order valence-corrected chi connectivity index (χ0v) is 14.0. The SMILES string of the molecule is Cc1cc(-c2ncccc2NC(=O)N2CCn3ncnc3C2)cs1. The third kappa shape index (κ3) is 2.76. The maximum atomic E-state index is 12.6. The number of fused-ring (bicyclic) bond motifs is 1. The summed E-state index contributed by atoms with van der Waals surface area (Å²) in [5, 5.41) is 9.16. The van der Waals surface area contributed by atoms with Crippen LogP contribution < -0.4 is 5.32 Å². The van der Waals surface area contributed by atoms with Crippen LogP contribution in [0.25, 0.3) is 11.3 Å². The molecule has 0 spiro atoms. The molecule has 0 atom stereocenters. The third-order valence-electron chi connectivity index (χ3n) is 3.95. The molecule has 0 bridgehead atoms. The van der Waals surface area contributed by atoms with Crippen molar-refractivity contribution in [1.82, 2.24) is 24.6 Å². The van der Waals surface area contributed by atoms with Gasteiger partial charge in [-0.05, 0) is 25.1 Å². The first-order valence-electron chi connectivity index (χ1n) is 7.64. The van der Waals surface area contributed by atoms with Crippen molar-refractivity contribution in [2.24, 2.45) is 0 Å². The average molecular weight is 340 g/mol. The highest BCUT2D eigenvalue weighted by molar-refractivity contribution is 7.10. The Kier molecular flexibility index (Phi) is 3.73. The third-order valence-corrected chi connectivity index (χ3v) is 4.81. The minimum atomic E-state index is -0.148. The summed E-state index contributed by atoms with van der Waals surface area (Å²) in [5.74, 6) is 0.802. The van der Waals surface area contributed by atoms with Gasteiger partial charge in [0.05, 0.1) is 24.5 Å². The molecule has 0 unspecified atom stereocenters. The quantitative estimate of drug-likeness (QED) is 0.778. The second kappa shape index (κ2) is 6.04. The molecule has 0 aliphatic carbocycles. The van der Waals surface area contributed by atoms with Crippen LogP contribution in [0, 0.1) is 6.92 Å². The molecule has 3 aromatic heterocycles. The number of aryl methyl sites for hydroxylation is 1. The molecule has 1 aliphatic rings. The fraction of sp³-hybridized carbons (Fsp3) is 0.250. The van der Waals surface area contributed by atoms with Crippen molar-refractivity contribution in [1.29, 1.82) is 0 Å². The lowest BCUT2D eigenvalue weighted by atomic mass is 10.2. The number of thiophene rings is 1. The molecule has 2 amide bonds. The normalized spacial score (nSPS) is 13.6. The molecule has 7 nitrogen and oxygen atoms in total. The summed E-state index contributed by atoms with van der Waals surface area (Å²) in [6, 6.07) is 5.63. The maximum absolute atomic E-state index is 12.6. The van der Waals surface area contributed by atoms with Crippen molar-refractivity contribution < 1.29 is 4.79 Å². The Hall–Kier alpha value is -2.74. The van der Waals surface area contributed by atoms with Crippen molar-refractivity contribution in [3.63, 3.8) is 0 Å². The van der Waals surface area contributed by atoms with Crippen LogP contribution in [-0.2, 0) is 13.1 Å². The Morgan fingerprint density at radius 1 is 1.33 bits per heavy atom. The van der Waals surface area contributed by atoms with Gasteiger partial charge in [0.2, 0.25) is 0 Å². The lowest BCUT2D eigenvalue weighted by Crippen LogP contribution is -2.41. The van der Waals surface area contributed by atoms with Crippen LogP contribution in [0.15, 0.2) is 36.1 Å². The number of nitrogens with zero attached hydrogens (tertiary/aromatic N) is 5. The van der Waals surface area contributed by atoms with E-state index in [-0.39, 0.29) is 6.03 Å². The second-order valence-electron chi connectivity index (χ2n) is 5.60. The monoisotopic (exact) mass is 340 g/mol. The molecule has 24 heavy (non-hydrogen) atoms. The van der Waals surface area contributed by atoms with Crippen LogP contribution in [0.5, 0.6) is 0 Å². The summed E-state index contributed by atoms with van der Waals surface area (Å²) in [6.07, 6.45) is 3.26. The van der Waals surface area contributed by atoms with Gasteiger partial charge in [-0.2, -0.15) is 5.10 Å². The van der Waals surface area contributed by atoms with E-state index in [9.17, 15) is 4.79 Å². The van der Waals surface area contributed by atoms with E-state index in [0.29, 0.717) is 25.3 Å². The molecule has 1 N–H and O–H groups in total. The van der Waals surface area contributed by atoms with E-state index in [1.165, 1.54) is 11.2 Å². The van der Waals surface area contributed by atoms with Crippen molar-refractivity contribution in [3.05, 3.63) is 46.8 Å². The number of hydrogen-bond donors (Lipinski definition) is 1. The molecule has 0 aromatic carbocycles. The molecule has 0 saturated carbocycles. The first-order valence-corrected chi connectivity index (χ1v) is 8.52. The second-order valence-corrected chi connectivity index (χ2v) is 6.71. The Morgan fingerprint density at radius 3 is 3.08 bits per heavy atom. The first-order chi connectivity index (χ1) is 11.7. The highest BCUT2D eigenvalue weighted by atomic mass is 32.1. The number of anilines is 1. The van der Waals surface area contributed by atoms with Crippen LogP contribution in [0.2, 0.25) is 0 Å². The van der Waals surface area contributed by atoms with Crippen molar-refractivity contribution in [2.75, 3.05) is 11.9 Å². The van der Waals surface area contributed by atoms with E-state index in [1.54, 1.807) is 22.4 Å². The summed E-state index contributed by atoms with van der Waals surface area (Å²) in [4.78, 5) is 24.2. The lowest BCUT2D eigenvalue weighted by molar-refractivity contribution is 0.193. The summed E-state index contributed by atoms with van der Waals surface area (Å²) in [7, 11) is 0. The molecule has 4 rings (SSSR count). The van der Waals surface area contributed by atoms with E-state index in [1.807, 2.05) is 16.8 Å². The largest absolute Gasteiger partial charge is 0.322 e. The molecule has 1 aliphatic heterocycles. The van der Waals surface area contributed by atoms with Gasteiger partial charge in [0.15, 0.2) is 0 Å². The zero-order chi connectivity index (χ0) is 16.5. The van der Waals surface area contributed by atoms with E-state index in [4.69, 9.17) is 0 Å². The smallest absolute Gasteiger partial charge is 0.315 e. The number of urea groups is 1. The molecule has 0 radical (unpaired) electrons. The zero-order valence-electron chi connectivity index (χ0n) is 13.1. The van der Waals surface area contributed by atoms with Gasteiger partial charge < -0.3 is 10.2 Å². The van der Waals surface area contributed by atoms with Gasteiger partial charge in [0.25, 0.3) is 0 Å². The lowest BCUT2D eigenvalue weighted by Gasteiger charge is -2.27. The number of carbonyl (C=O) groups is 1. The fourth-order valence-corrected chi connectivity index (χ4v) is 3.42. The fourth-order valence-electron chi connectivity index (χ4n) is 2.73. The minimum absolute atomic E-state index is 0.148. The predicted octanol–water partition coefficient (Wildman–Crippen LogP) is 2.76. The standard InChI is InChI=1S/C16H16N6OS/c1-11-7-12(9-24-11)15-13(3-2-4-17-15)20-16(23)21-5-6-22-14(8-21)18-10-19-22/h2-4,7,9-10H,5-6,8H2,1H3,(H,20,23). The molecular weight excluding hydrogens is 324 g/mol. The number of pyridine rings is 1. The molecule has 4 heterocycles. The van der Waals surface area contributed by atoms with Crippen molar-refractivity contribution >= 4 is 23.1 Å². The molecule has 0 saturated heterocycles. The number of amides is 2. The summed E-state index contributed by atoms with van der Waals surface area (Å²) < 4.78 is 1.83. The van der Waals surface area contributed by atoms with Crippen molar-refractivity contribution in [3.8, 4) is 11.3 Å². The van der Waals surface area contributed by atoms with Gasteiger partial charge in [-0.1, -0.05) is 0 Å². The van der Waals surface area contributed by atoms with Gasteiger partial charge in [-0.25, -0.2) is 14.5 Å². The number of carbonyl (C=O) groups excluding carboxylic acids is 1. The van der Waals surface area contributed by atoms with E-state index >= 15 is 0 Å². The summed E-state index contributed by atoms with van der Waals surface area (Å²) in [6.45, 7) is 3.78. The average Bonchev–Trinajstić information content (AvgIpc) is 3.23. The summed E-state index contributed by atoms with van der Waals surface area (Å²) >= 11 is 1.67. The first kappa shape index (κ1) is 14.8. The van der Waals surface area contributed by atoms with Crippen LogP contribution in [0.3, 0.4) is 0 Å². The number of nitrogens with one attached hydrogen (secondary N) is 1. The van der Waals surface area contributed by atoms with Gasteiger partial charge in [-0.15, -0.1) is 11.3 Å². The Labute approximate surface area is 143 Å². The minimum Gasteiger partial charge on any atom is -0.315 e. The molecule has 0 fully saturated rings. The predicted molar refractivity (Wildman–Crippen MR) is 91.7 cm³/mol. The Morgan fingerprint density at radius 2 is 2.25 bits per heavy atom. The van der Waals surface area contributed by atoms with Gasteiger partial charge in [0.1, 0.15) is 12.2 Å². The topological polar surface area (TPSA) is 75.9 Å². The van der Waals surface area contributed by atoms with E-state index in [2.05, 4.69) is 38.8 Å². The van der Waals surface area contributed by atoms with Crippen molar-refractivity contribution in [2.45, 2.75) is 20.0 Å². The Balaban J connectivity index is 1.55. The molecule has 8 heteroatoms. The number of aromatic nitrogens is 4. The molecular formula is C16H16N6OS. The van der Waals surface area contributed by atoms with Crippen LogP contribution >= 0.6 is 11.3 Å². The van der Waals surface area contributed by atoms with E-state index in [0.717, 1.165) is 17.1 Å². The summed E-state index contributed by atoms with van der Waals surface area (Å²) in [5.41, 5.74) is 2.52. The molecule has 3 aromatic rings. The van der Waals surface area contributed by atoms with Gasteiger partial charge >= 0.3 is 6.03 Å².